The number of sulfone groups is 1. The Hall–Kier alpha value is -2.92. The van der Waals surface area contributed by atoms with Crippen LogP contribution in [-0.4, -0.2) is 25.5 Å². The number of amides is 1. The first-order chi connectivity index (χ1) is 14.8. The number of carbonyl (C=O) groups is 1. The highest BCUT2D eigenvalue weighted by Gasteiger charge is 2.31. The zero-order chi connectivity index (χ0) is 22.0. The highest BCUT2D eigenvalue weighted by atomic mass is 32.2. The molecule has 1 unspecified atom stereocenters. The predicted octanol–water partition coefficient (Wildman–Crippen LogP) is 4.87. The van der Waals surface area contributed by atoms with E-state index in [4.69, 9.17) is 0 Å². The van der Waals surface area contributed by atoms with E-state index in [0.717, 1.165) is 18.4 Å². The van der Waals surface area contributed by atoms with Crippen LogP contribution >= 0.6 is 0 Å². The minimum Gasteiger partial charge on any atom is -0.327 e. The van der Waals surface area contributed by atoms with E-state index >= 15 is 0 Å². The number of nitrogens with zero attached hydrogens (tertiary/aromatic N) is 1. The number of carbonyl (C=O) groups excluding carboxylic acids is 1. The van der Waals surface area contributed by atoms with Gasteiger partial charge in [0.05, 0.1) is 11.8 Å². The molecule has 5 heteroatoms. The van der Waals surface area contributed by atoms with Crippen LogP contribution in [0.2, 0.25) is 0 Å². The van der Waals surface area contributed by atoms with Gasteiger partial charge in [0.15, 0.2) is 9.84 Å². The van der Waals surface area contributed by atoms with Crippen molar-refractivity contribution in [2.45, 2.75) is 38.1 Å². The van der Waals surface area contributed by atoms with Crippen LogP contribution in [0.15, 0.2) is 72.8 Å². The molecule has 1 atom stereocenters. The SMILES string of the molecule is Cc1ccc(CN(C(=O)c2cccc(CS(C)(=O)=O)c2)C2CCc3ccccc32)cc1. The fourth-order valence-corrected chi connectivity index (χ4v) is 5.12. The Morgan fingerprint density at radius 1 is 0.968 bits per heavy atom. The van der Waals surface area contributed by atoms with E-state index in [1.54, 1.807) is 24.3 Å². The molecule has 0 heterocycles. The van der Waals surface area contributed by atoms with Crippen LogP contribution in [0.1, 0.15) is 50.6 Å². The molecule has 0 fully saturated rings. The molecular formula is C26H27NO3S. The van der Waals surface area contributed by atoms with Crippen molar-refractivity contribution in [2.24, 2.45) is 0 Å². The van der Waals surface area contributed by atoms with E-state index in [-0.39, 0.29) is 17.7 Å². The standard InChI is InChI=1S/C26H27NO3S/c1-19-10-12-20(13-11-19)17-27(25-15-14-22-7-3-4-9-24(22)25)26(28)23-8-5-6-21(16-23)18-31(2,29)30/h3-13,16,25H,14-15,17-18H2,1-2H3. The first-order valence-corrected chi connectivity index (χ1v) is 12.6. The summed E-state index contributed by atoms with van der Waals surface area (Å²) in [5.74, 6) is -0.143. The first-order valence-electron chi connectivity index (χ1n) is 10.5. The van der Waals surface area contributed by atoms with Gasteiger partial charge >= 0.3 is 0 Å². The summed E-state index contributed by atoms with van der Waals surface area (Å²) >= 11 is 0. The molecule has 0 radical (unpaired) electrons. The van der Waals surface area contributed by atoms with Gasteiger partial charge in [-0.15, -0.1) is 0 Å². The molecule has 1 aliphatic rings. The maximum absolute atomic E-state index is 13.7. The minimum atomic E-state index is -3.17. The van der Waals surface area contributed by atoms with Crippen molar-refractivity contribution in [3.63, 3.8) is 0 Å². The molecule has 3 aromatic rings. The van der Waals surface area contributed by atoms with Gasteiger partial charge in [-0.1, -0.05) is 66.2 Å². The fraction of sp³-hybridized carbons (Fsp3) is 0.269. The van der Waals surface area contributed by atoms with E-state index < -0.39 is 9.84 Å². The minimum absolute atomic E-state index is 0.00330. The smallest absolute Gasteiger partial charge is 0.254 e. The average molecular weight is 434 g/mol. The molecule has 0 aliphatic heterocycles. The van der Waals surface area contributed by atoms with Crippen molar-refractivity contribution in [1.29, 1.82) is 0 Å². The number of benzene rings is 3. The normalized spacial score (nSPS) is 15.5. The molecule has 0 saturated heterocycles. The van der Waals surface area contributed by atoms with Crippen LogP contribution in [0.5, 0.6) is 0 Å². The zero-order valence-corrected chi connectivity index (χ0v) is 18.7. The van der Waals surface area contributed by atoms with E-state index in [1.807, 2.05) is 24.0 Å². The Bertz CT molecular complexity index is 1200. The van der Waals surface area contributed by atoms with Gasteiger partial charge in [0.2, 0.25) is 0 Å². The molecule has 1 amide bonds. The van der Waals surface area contributed by atoms with Crippen molar-refractivity contribution >= 4 is 15.7 Å². The number of fused-ring (bicyclic) bond motifs is 1. The third-order valence-electron chi connectivity index (χ3n) is 5.81. The van der Waals surface area contributed by atoms with E-state index in [2.05, 4.69) is 36.4 Å². The summed E-state index contributed by atoms with van der Waals surface area (Å²) in [6.45, 7) is 2.56. The second-order valence-corrected chi connectivity index (χ2v) is 10.6. The lowest BCUT2D eigenvalue weighted by atomic mass is 10.0. The maximum Gasteiger partial charge on any atom is 0.254 e. The number of aryl methyl sites for hydroxylation is 2. The van der Waals surface area contributed by atoms with Crippen molar-refractivity contribution in [3.8, 4) is 0 Å². The van der Waals surface area contributed by atoms with Crippen LogP contribution in [0.25, 0.3) is 0 Å². The third-order valence-corrected chi connectivity index (χ3v) is 6.67. The van der Waals surface area contributed by atoms with Gasteiger partial charge in [-0.05, 0) is 54.2 Å². The summed E-state index contributed by atoms with van der Waals surface area (Å²) in [7, 11) is -3.17. The second-order valence-electron chi connectivity index (χ2n) is 8.44. The number of hydrogen-bond donors (Lipinski definition) is 0. The van der Waals surface area contributed by atoms with Crippen LogP contribution in [-0.2, 0) is 28.6 Å². The summed E-state index contributed by atoms with van der Waals surface area (Å²) in [6.07, 6.45) is 3.05. The molecular weight excluding hydrogens is 406 g/mol. The number of rotatable bonds is 6. The fourth-order valence-electron chi connectivity index (χ4n) is 4.33. The van der Waals surface area contributed by atoms with Gasteiger partial charge in [-0.3, -0.25) is 4.79 Å². The zero-order valence-electron chi connectivity index (χ0n) is 17.9. The summed E-state index contributed by atoms with van der Waals surface area (Å²) in [6, 6.07) is 23.6. The quantitative estimate of drug-likeness (QED) is 0.557. The lowest BCUT2D eigenvalue weighted by Crippen LogP contribution is -2.33. The Balaban J connectivity index is 1.70. The van der Waals surface area contributed by atoms with E-state index in [0.29, 0.717) is 17.7 Å². The molecule has 0 bridgehead atoms. The van der Waals surface area contributed by atoms with Gasteiger partial charge in [0.25, 0.3) is 5.91 Å². The Labute approximate surface area is 184 Å². The molecule has 0 aromatic heterocycles. The van der Waals surface area contributed by atoms with Crippen molar-refractivity contribution in [2.75, 3.05) is 6.26 Å². The third kappa shape index (κ3) is 5.05. The molecule has 4 nitrogen and oxygen atoms in total. The Morgan fingerprint density at radius 2 is 1.71 bits per heavy atom. The average Bonchev–Trinajstić information content (AvgIpc) is 3.16. The highest BCUT2D eigenvalue weighted by Crippen LogP contribution is 2.37. The van der Waals surface area contributed by atoms with Gasteiger partial charge in [0.1, 0.15) is 0 Å². The largest absolute Gasteiger partial charge is 0.327 e. The molecule has 0 spiro atoms. The molecule has 1 aliphatic carbocycles. The van der Waals surface area contributed by atoms with E-state index in [1.165, 1.54) is 22.9 Å². The highest BCUT2D eigenvalue weighted by molar-refractivity contribution is 7.89. The van der Waals surface area contributed by atoms with Crippen LogP contribution in [0, 0.1) is 6.92 Å². The molecule has 3 aromatic carbocycles. The molecule has 160 valence electrons. The summed E-state index contributed by atoms with van der Waals surface area (Å²) < 4.78 is 23.5. The van der Waals surface area contributed by atoms with Crippen molar-refractivity contribution < 1.29 is 13.2 Å². The molecule has 4 rings (SSSR count). The Morgan fingerprint density at radius 3 is 2.45 bits per heavy atom. The van der Waals surface area contributed by atoms with Crippen LogP contribution < -0.4 is 0 Å². The van der Waals surface area contributed by atoms with E-state index in [9.17, 15) is 13.2 Å². The predicted molar refractivity (Wildman–Crippen MR) is 124 cm³/mol. The molecule has 31 heavy (non-hydrogen) atoms. The van der Waals surface area contributed by atoms with Crippen molar-refractivity contribution in [3.05, 3.63) is 106 Å². The van der Waals surface area contributed by atoms with Gasteiger partial charge in [0, 0.05) is 18.4 Å². The van der Waals surface area contributed by atoms with Crippen LogP contribution in [0.3, 0.4) is 0 Å². The maximum atomic E-state index is 13.7. The summed E-state index contributed by atoms with van der Waals surface area (Å²) in [4.78, 5) is 15.6. The lowest BCUT2D eigenvalue weighted by Gasteiger charge is -2.30. The molecule has 0 N–H and O–H groups in total. The molecule has 0 saturated carbocycles. The van der Waals surface area contributed by atoms with Crippen molar-refractivity contribution in [1.82, 2.24) is 4.90 Å². The monoisotopic (exact) mass is 433 g/mol. The van der Waals surface area contributed by atoms with Gasteiger partial charge in [-0.2, -0.15) is 0 Å². The first kappa shape index (κ1) is 21.3. The lowest BCUT2D eigenvalue weighted by molar-refractivity contribution is 0.0658. The second kappa shape index (κ2) is 8.67. The van der Waals surface area contributed by atoms with Gasteiger partial charge < -0.3 is 4.90 Å². The topological polar surface area (TPSA) is 54.5 Å². The number of hydrogen-bond acceptors (Lipinski definition) is 3. The van der Waals surface area contributed by atoms with Crippen LogP contribution in [0.4, 0.5) is 0 Å². The summed E-state index contributed by atoms with van der Waals surface area (Å²) in [5.41, 5.74) is 5.92. The van der Waals surface area contributed by atoms with Gasteiger partial charge in [-0.25, -0.2) is 8.42 Å². The summed E-state index contributed by atoms with van der Waals surface area (Å²) in [5, 5.41) is 0. The Kier molecular flexibility index (Phi) is 5.96.